The summed E-state index contributed by atoms with van der Waals surface area (Å²) in [5.41, 5.74) is 3.30. The van der Waals surface area contributed by atoms with Crippen LogP contribution in [0, 0.1) is 0 Å². The van der Waals surface area contributed by atoms with E-state index in [9.17, 15) is 14.4 Å². The van der Waals surface area contributed by atoms with Crippen molar-refractivity contribution in [3.8, 4) is 11.3 Å². The van der Waals surface area contributed by atoms with Gasteiger partial charge >= 0.3 is 6.09 Å². The van der Waals surface area contributed by atoms with Gasteiger partial charge in [-0.05, 0) is 42.3 Å². The predicted molar refractivity (Wildman–Crippen MR) is 119 cm³/mol. The van der Waals surface area contributed by atoms with Crippen molar-refractivity contribution in [1.82, 2.24) is 15.1 Å². The number of nitrogens with zero attached hydrogens (tertiary/aromatic N) is 2. The minimum Gasteiger partial charge on any atom is -0.450 e. The second-order valence-corrected chi connectivity index (χ2v) is 6.90. The molecular formula is C23H24N4O5. The summed E-state index contributed by atoms with van der Waals surface area (Å²) in [6, 6.07) is 17.6. The fraction of sp³-hybridized carbons (Fsp3) is 0.217. The van der Waals surface area contributed by atoms with Gasteiger partial charge in [0.25, 0.3) is 5.56 Å². The number of aliphatic hydroxyl groups is 1. The van der Waals surface area contributed by atoms with Crippen molar-refractivity contribution < 1.29 is 19.4 Å². The van der Waals surface area contributed by atoms with Crippen molar-refractivity contribution in [3.63, 3.8) is 0 Å². The van der Waals surface area contributed by atoms with Gasteiger partial charge < -0.3 is 15.2 Å². The van der Waals surface area contributed by atoms with E-state index in [0.29, 0.717) is 11.4 Å². The minimum atomic E-state index is -0.567. The molecule has 0 fully saturated rings. The van der Waals surface area contributed by atoms with Gasteiger partial charge in [-0.2, -0.15) is 5.10 Å². The van der Waals surface area contributed by atoms with Crippen LogP contribution in [-0.2, 0) is 22.6 Å². The number of carbonyl (C=O) groups excluding carboxylic acids is 2. The molecule has 0 aliphatic carbocycles. The van der Waals surface area contributed by atoms with Crippen molar-refractivity contribution in [2.45, 2.75) is 20.0 Å². The fourth-order valence-electron chi connectivity index (χ4n) is 3.02. The maximum absolute atomic E-state index is 12.4. The molecule has 2 aromatic carbocycles. The van der Waals surface area contributed by atoms with Crippen LogP contribution in [0.5, 0.6) is 0 Å². The van der Waals surface area contributed by atoms with Crippen LogP contribution in [-0.4, -0.2) is 40.1 Å². The highest BCUT2D eigenvalue weighted by Gasteiger charge is 2.08. The van der Waals surface area contributed by atoms with Gasteiger partial charge in [-0.25, -0.2) is 9.48 Å². The molecule has 9 nitrogen and oxygen atoms in total. The lowest BCUT2D eigenvalue weighted by molar-refractivity contribution is -0.123. The first kappa shape index (κ1) is 22.7. The number of nitrogens with one attached hydrogen (secondary N) is 2. The van der Waals surface area contributed by atoms with E-state index in [1.807, 2.05) is 30.3 Å². The maximum atomic E-state index is 12.4. The lowest BCUT2D eigenvalue weighted by Crippen LogP contribution is -2.25. The highest BCUT2D eigenvalue weighted by Crippen LogP contribution is 2.18. The summed E-state index contributed by atoms with van der Waals surface area (Å²) < 4.78 is 6.23. The third-order valence-corrected chi connectivity index (χ3v) is 4.50. The first-order chi connectivity index (χ1) is 15.5. The standard InChI is InChI=1S/C23H24N4O5/c1-2-32-23(31)25-19-8-4-6-17(12-19)14-27-22(30)10-9-20(26-27)18-7-3-5-16(11-18)13-24-21(29)15-28/h3-12,28H,2,13-15H2,1H3,(H,24,29)(H,25,31). The monoisotopic (exact) mass is 436 g/mol. The normalized spacial score (nSPS) is 10.4. The zero-order valence-electron chi connectivity index (χ0n) is 17.6. The van der Waals surface area contributed by atoms with Gasteiger partial charge in [-0.15, -0.1) is 0 Å². The molecule has 0 aliphatic heterocycles. The molecule has 3 rings (SSSR count). The average Bonchev–Trinajstić information content (AvgIpc) is 2.79. The third kappa shape index (κ3) is 6.26. The van der Waals surface area contributed by atoms with E-state index in [1.165, 1.54) is 10.7 Å². The molecule has 1 aromatic heterocycles. The molecule has 0 saturated carbocycles. The Balaban J connectivity index is 1.79. The number of aliphatic hydroxyl groups excluding tert-OH is 1. The quantitative estimate of drug-likeness (QED) is 0.497. The van der Waals surface area contributed by atoms with Gasteiger partial charge in [0.1, 0.15) is 6.61 Å². The van der Waals surface area contributed by atoms with E-state index >= 15 is 0 Å². The Morgan fingerprint density at radius 3 is 2.62 bits per heavy atom. The number of ether oxygens (including phenoxy) is 1. The van der Waals surface area contributed by atoms with Crippen LogP contribution in [0.3, 0.4) is 0 Å². The number of anilines is 1. The molecular weight excluding hydrogens is 412 g/mol. The van der Waals surface area contributed by atoms with Gasteiger partial charge in [0.15, 0.2) is 0 Å². The molecule has 3 N–H and O–H groups in total. The molecule has 2 amide bonds. The number of carbonyl (C=O) groups is 2. The molecule has 0 unspecified atom stereocenters. The van der Waals surface area contributed by atoms with Crippen LogP contribution in [0.4, 0.5) is 10.5 Å². The van der Waals surface area contributed by atoms with Gasteiger partial charge in [0.05, 0.1) is 18.8 Å². The zero-order valence-corrected chi connectivity index (χ0v) is 17.6. The Morgan fingerprint density at radius 1 is 1.06 bits per heavy atom. The lowest BCUT2D eigenvalue weighted by Gasteiger charge is -2.10. The first-order valence-corrected chi connectivity index (χ1v) is 10.1. The predicted octanol–water partition coefficient (Wildman–Crippen LogP) is 2.14. The van der Waals surface area contributed by atoms with Crippen LogP contribution in [0.2, 0.25) is 0 Å². The molecule has 0 spiro atoms. The summed E-state index contributed by atoms with van der Waals surface area (Å²) in [4.78, 5) is 35.3. The SMILES string of the molecule is CCOC(=O)Nc1cccc(Cn2nc(-c3cccc(CNC(=O)CO)c3)ccc2=O)c1. The van der Waals surface area contributed by atoms with E-state index in [0.717, 1.165) is 16.7 Å². The Kier molecular flexibility index (Phi) is 7.71. The molecule has 0 saturated heterocycles. The Labute approximate surface area is 184 Å². The van der Waals surface area contributed by atoms with Crippen molar-refractivity contribution in [2.75, 3.05) is 18.5 Å². The second-order valence-electron chi connectivity index (χ2n) is 6.90. The van der Waals surface area contributed by atoms with Crippen molar-refractivity contribution in [3.05, 3.63) is 82.1 Å². The minimum absolute atomic E-state index is 0.220. The summed E-state index contributed by atoms with van der Waals surface area (Å²) in [5.74, 6) is -0.457. The van der Waals surface area contributed by atoms with Crippen molar-refractivity contribution in [2.24, 2.45) is 0 Å². The summed E-state index contributed by atoms with van der Waals surface area (Å²) in [6.45, 7) is 1.92. The molecule has 0 bridgehead atoms. The summed E-state index contributed by atoms with van der Waals surface area (Å²) >= 11 is 0. The maximum Gasteiger partial charge on any atom is 0.411 e. The lowest BCUT2D eigenvalue weighted by atomic mass is 10.1. The summed E-state index contributed by atoms with van der Waals surface area (Å²) in [7, 11) is 0. The van der Waals surface area contributed by atoms with Crippen LogP contribution < -0.4 is 16.2 Å². The van der Waals surface area contributed by atoms with Gasteiger partial charge in [0, 0.05) is 23.9 Å². The van der Waals surface area contributed by atoms with Gasteiger partial charge in [0.2, 0.25) is 5.91 Å². The fourth-order valence-corrected chi connectivity index (χ4v) is 3.02. The molecule has 0 aliphatic rings. The second kappa shape index (κ2) is 10.9. The molecule has 3 aromatic rings. The van der Waals surface area contributed by atoms with Crippen LogP contribution in [0.15, 0.2) is 65.5 Å². The Hall–Kier alpha value is -3.98. The molecule has 32 heavy (non-hydrogen) atoms. The number of amides is 2. The number of aromatic nitrogens is 2. The van der Waals surface area contributed by atoms with E-state index in [4.69, 9.17) is 9.84 Å². The molecule has 9 heteroatoms. The highest BCUT2D eigenvalue weighted by molar-refractivity contribution is 5.84. The molecule has 166 valence electrons. The largest absolute Gasteiger partial charge is 0.450 e. The highest BCUT2D eigenvalue weighted by atomic mass is 16.5. The number of hydrogen-bond donors (Lipinski definition) is 3. The number of hydrogen-bond acceptors (Lipinski definition) is 6. The van der Waals surface area contributed by atoms with Crippen LogP contribution >= 0.6 is 0 Å². The van der Waals surface area contributed by atoms with E-state index < -0.39 is 18.6 Å². The average molecular weight is 436 g/mol. The first-order valence-electron chi connectivity index (χ1n) is 10.1. The van der Waals surface area contributed by atoms with Crippen LogP contribution in [0.1, 0.15) is 18.1 Å². The van der Waals surface area contributed by atoms with E-state index in [-0.39, 0.29) is 25.3 Å². The topological polar surface area (TPSA) is 123 Å². The summed E-state index contributed by atoms with van der Waals surface area (Å²) in [6.07, 6.45) is -0.544. The smallest absolute Gasteiger partial charge is 0.411 e. The Morgan fingerprint density at radius 2 is 1.84 bits per heavy atom. The Bertz CT molecular complexity index is 1160. The zero-order chi connectivity index (χ0) is 22.9. The van der Waals surface area contributed by atoms with Crippen molar-refractivity contribution in [1.29, 1.82) is 0 Å². The van der Waals surface area contributed by atoms with Crippen molar-refractivity contribution >= 4 is 17.7 Å². The van der Waals surface area contributed by atoms with Gasteiger partial charge in [-0.1, -0.05) is 30.3 Å². The van der Waals surface area contributed by atoms with Crippen LogP contribution in [0.25, 0.3) is 11.3 Å². The number of rotatable bonds is 8. The van der Waals surface area contributed by atoms with E-state index in [1.54, 1.807) is 31.2 Å². The number of benzene rings is 2. The summed E-state index contributed by atoms with van der Waals surface area (Å²) in [5, 5.41) is 18.5. The molecule has 1 heterocycles. The molecule has 0 radical (unpaired) electrons. The molecule has 0 atom stereocenters. The van der Waals surface area contributed by atoms with Gasteiger partial charge in [-0.3, -0.25) is 14.9 Å². The van der Waals surface area contributed by atoms with E-state index in [2.05, 4.69) is 15.7 Å². The third-order valence-electron chi connectivity index (χ3n) is 4.50.